The van der Waals surface area contributed by atoms with Crippen molar-refractivity contribution < 1.29 is 0 Å². The van der Waals surface area contributed by atoms with Gasteiger partial charge in [-0.3, -0.25) is 0 Å². The first-order valence-electron chi connectivity index (χ1n) is 4.16. The topological polar surface area (TPSA) is 26.0 Å². The molecule has 0 saturated heterocycles. The molecule has 0 bridgehead atoms. The van der Waals surface area contributed by atoms with Crippen LogP contribution >= 0.6 is 22.6 Å². The molecule has 0 amide bonds. The van der Waals surface area contributed by atoms with Crippen LogP contribution in [0.3, 0.4) is 0 Å². The molecule has 0 aromatic heterocycles. The second kappa shape index (κ2) is 4.23. The van der Waals surface area contributed by atoms with Crippen molar-refractivity contribution in [2.24, 2.45) is 5.73 Å². The van der Waals surface area contributed by atoms with Crippen LogP contribution in [0.1, 0.15) is 30.5 Å². The summed E-state index contributed by atoms with van der Waals surface area (Å²) in [5, 5.41) is 0. The standard InChI is InChI=1S/C10H14IN/c1-3-10(12)9-6-8(11)5-4-7(9)2/h4-6,10H,3,12H2,1-2H3. The maximum Gasteiger partial charge on any atom is 0.0295 e. The molecule has 2 heteroatoms. The maximum atomic E-state index is 5.96. The molecule has 1 rings (SSSR count). The van der Waals surface area contributed by atoms with Gasteiger partial charge in [0.1, 0.15) is 0 Å². The summed E-state index contributed by atoms with van der Waals surface area (Å²) >= 11 is 2.32. The van der Waals surface area contributed by atoms with E-state index in [1.807, 2.05) is 0 Å². The van der Waals surface area contributed by atoms with E-state index in [-0.39, 0.29) is 6.04 Å². The predicted molar refractivity (Wildman–Crippen MR) is 61.1 cm³/mol. The highest BCUT2D eigenvalue weighted by atomic mass is 127. The number of aryl methyl sites for hydroxylation is 1. The summed E-state index contributed by atoms with van der Waals surface area (Å²) in [4.78, 5) is 0. The molecule has 1 atom stereocenters. The quantitative estimate of drug-likeness (QED) is 0.825. The predicted octanol–water partition coefficient (Wildman–Crippen LogP) is 3.01. The van der Waals surface area contributed by atoms with Crippen LogP contribution in [0, 0.1) is 10.5 Å². The van der Waals surface area contributed by atoms with E-state index in [2.05, 4.69) is 54.6 Å². The zero-order valence-corrected chi connectivity index (χ0v) is 9.63. The van der Waals surface area contributed by atoms with Gasteiger partial charge in [0.2, 0.25) is 0 Å². The molecule has 0 aliphatic rings. The average molecular weight is 275 g/mol. The first kappa shape index (κ1) is 9.99. The first-order valence-corrected chi connectivity index (χ1v) is 5.24. The highest BCUT2D eigenvalue weighted by Crippen LogP contribution is 2.20. The fourth-order valence-corrected chi connectivity index (χ4v) is 1.75. The summed E-state index contributed by atoms with van der Waals surface area (Å²) < 4.78 is 1.26. The molecule has 0 aliphatic carbocycles. The Morgan fingerprint density at radius 3 is 2.75 bits per heavy atom. The number of nitrogens with two attached hydrogens (primary N) is 1. The van der Waals surface area contributed by atoms with Crippen LogP contribution in [-0.4, -0.2) is 0 Å². The van der Waals surface area contributed by atoms with E-state index < -0.39 is 0 Å². The molecule has 0 fully saturated rings. The third-order valence-corrected chi connectivity index (χ3v) is 2.75. The Labute approximate surface area is 87.5 Å². The van der Waals surface area contributed by atoms with Gasteiger partial charge in [-0.15, -0.1) is 0 Å². The molecule has 0 radical (unpaired) electrons. The fourth-order valence-electron chi connectivity index (χ4n) is 1.23. The lowest BCUT2D eigenvalue weighted by atomic mass is 10.0. The molecule has 1 aromatic rings. The van der Waals surface area contributed by atoms with Crippen LogP contribution in [0.4, 0.5) is 0 Å². The summed E-state index contributed by atoms with van der Waals surface area (Å²) in [6, 6.07) is 6.61. The molecule has 12 heavy (non-hydrogen) atoms. The maximum absolute atomic E-state index is 5.96. The van der Waals surface area contributed by atoms with Gasteiger partial charge >= 0.3 is 0 Å². The Hall–Kier alpha value is -0.0900. The minimum atomic E-state index is 0.194. The molecule has 0 spiro atoms. The molecule has 2 N–H and O–H groups in total. The SMILES string of the molecule is CCC(N)c1cc(I)ccc1C. The minimum absolute atomic E-state index is 0.194. The number of halogens is 1. The van der Waals surface area contributed by atoms with E-state index in [0.29, 0.717) is 0 Å². The normalized spacial score (nSPS) is 13.0. The number of hydrogen-bond acceptors (Lipinski definition) is 1. The summed E-state index contributed by atoms with van der Waals surface area (Å²) in [7, 11) is 0. The van der Waals surface area contributed by atoms with E-state index in [9.17, 15) is 0 Å². The smallest absolute Gasteiger partial charge is 0.0295 e. The lowest BCUT2D eigenvalue weighted by Crippen LogP contribution is -2.10. The van der Waals surface area contributed by atoms with Crippen LogP contribution in [-0.2, 0) is 0 Å². The molecule has 1 nitrogen and oxygen atoms in total. The highest BCUT2D eigenvalue weighted by molar-refractivity contribution is 14.1. The van der Waals surface area contributed by atoms with E-state index in [4.69, 9.17) is 5.73 Å². The van der Waals surface area contributed by atoms with Crippen molar-refractivity contribution in [3.8, 4) is 0 Å². The van der Waals surface area contributed by atoms with Crippen LogP contribution in [0.5, 0.6) is 0 Å². The second-order valence-electron chi connectivity index (χ2n) is 3.02. The van der Waals surface area contributed by atoms with Gasteiger partial charge in [0, 0.05) is 9.61 Å². The van der Waals surface area contributed by atoms with E-state index in [1.165, 1.54) is 14.7 Å². The Balaban J connectivity index is 3.04. The second-order valence-corrected chi connectivity index (χ2v) is 4.26. The van der Waals surface area contributed by atoms with Gasteiger partial charge in [0.25, 0.3) is 0 Å². The van der Waals surface area contributed by atoms with Crippen LogP contribution in [0.2, 0.25) is 0 Å². The van der Waals surface area contributed by atoms with Gasteiger partial charge in [0.05, 0.1) is 0 Å². The van der Waals surface area contributed by atoms with Crippen LogP contribution in [0.25, 0.3) is 0 Å². The molecule has 0 aliphatic heterocycles. The zero-order valence-electron chi connectivity index (χ0n) is 7.47. The third kappa shape index (κ3) is 2.20. The Kier molecular flexibility index (Phi) is 3.53. The molecule has 0 heterocycles. The van der Waals surface area contributed by atoms with E-state index >= 15 is 0 Å². The lowest BCUT2D eigenvalue weighted by molar-refractivity contribution is 0.693. The van der Waals surface area contributed by atoms with E-state index in [0.717, 1.165) is 6.42 Å². The Morgan fingerprint density at radius 2 is 2.17 bits per heavy atom. The largest absolute Gasteiger partial charge is 0.324 e. The lowest BCUT2D eigenvalue weighted by Gasteiger charge is -2.12. The summed E-state index contributed by atoms with van der Waals surface area (Å²) in [6.07, 6.45) is 1.00. The third-order valence-electron chi connectivity index (χ3n) is 2.08. The first-order chi connectivity index (χ1) is 5.65. The van der Waals surface area contributed by atoms with Crippen molar-refractivity contribution in [1.82, 2.24) is 0 Å². The van der Waals surface area contributed by atoms with Crippen molar-refractivity contribution in [1.29, 1.82) is 0 Å². The minimum Gasteiger partial charge on any atom is -0.324 e. The summed E-state index contributed by atoms with van der Waals surface area (Å²) in [6.45, 7) is 4.23. The average Bonchev–Trinajstić information content (AvgIpc) is 2.08. The summed E-state index contributed by atoms with van der Waals surface area (Å²) in [5.74, 6) is 0. The number of rotatable bonds is 2. The van der Waals surface area contributed by atoms with Crippen molar-refractivity contribution in [2.45, 2.75) is 26.3 Å². The Morgan fingerprint density at radius 1 is 1.50 bits per heavy atom. The highest BCUT2D eigenvalue weighted by Gasteiger charge is 2.06. The fraction of sp³-hybridized carbons (Fsp3) is 0.400. The molecule has 1 aromatic carbocycles. The molecular formula is C10H14IN. The van der Waals surface area contributed by atoms with Gasteiger partial charge in [-0.25, -0.2) is 0 Å². The van der Waals surface area contributed by atoms with Gasteiger partial charge < -0.3 is 5.73 Å². The van der Waals surface area contributed by atoms with Gasteiger partial charge in [0.15, 0.2) is 0 Å². The van der Waals surface area contributed by atoms with Crippen molar-refractivity contribution >= 4 is 22.6 Å². The molecule has 0 saturated carbocycles. The van der Waals surface area contributed by atoms with Gasteiger partial charge in [-0.05, 0) is 59.2 Å². The van der Waals surface area contributed by atoms with Crippen molar-refractivity contribution in [2.75, 3.05) is 0 Å². The summed E-state index contributed by atoms with van der Waals surface area (Å²) in [5.41, 5.74) is 8.54. The molecule has 1 unspecified atom stereocenters. The monoisotopic (exact) mass is 275 g/mol. The van der Waals surface area contributed by atoms with Gasteiger partial charge in [-0.1, -0.05) is 13.0 Å². The van der Waals surface area contributed by atoms with Crippen molar-refractivity contribution in [3.63, 3.8) is 0 Å². The molecule has 66 valence electrons. The Bertz CT molecular complexity index is 271. The number of hydrogen-bond donors (Lipinski definition) is 1. The number of benzene rings is 1. The van der Waals surface area contributed by atoms with Crippen LogP contribution < -0.4 is 5.73 Å². The van der Waals surface area contributed by atoms with Gasteiger partial charge in [-0.2, -0.15) is 0 Å². The molecular weight excluding hydrogens is 261 g/mol. The van der Waals surface area contributed by atoms with E-state index in [1.54, 1.807) is 0 Å². The van der Waals surface area contributed by atoms with Crippen LogP contribution in [0.15, 0.2) is 18.2 Å². The van der Waals surface area contributed by atoms with Crippen molar-refractivity contribution in [3.05, 3.63) is 32.9 Å². The zero-order chi connectivity index (χ0) is 9.14.